The summed E-state index contributed by atoms with van der Waals surface area (Å²) in [4.78, 5) is 11.3. The number of benzene rings is 3. The standard InChI is InChI=1S/C25H22FN3O4/c1-33-13-22(30)24-23(14-2-4-15(5-3-14)25(31)32)19-11-20(28)16(12-27)10-21(19)29(24)18-8-6-17(26)7-9-18/h2-12,22,27,30H,13,28H2,1H3,(H,31,32). The molecular weight excluding hydrogens is 425 g/mol. The van der Waals surface area contributed by atoms with Gasteiger partial charge >= 0.3 is 5.97 Å². The summed E-state index contributed by atoms with van der Waals surface area (Å²) >= 11 is 0. The lowest BCUT2D eigenvalue weighted by molar-refractivity contribution is 0.0613. The molecule has 0 saturated carbocycles. The molecule has 0 aliphatic rings. The minimum atomic E-state index is -1.06. The Morgan fingerprint density at radius 2 is 1.85 bits per heavy atom. The number of carbonyl (C=O) groups is 1. The van der Waals surface area contributed by atoms with Gasteiger partial charge in [0.25, 0.3) is 0 Å². The van der Waals surface area contributed by atoms with Crippen molar-refractivity contribution in [3.63, 3.8) is 0 Å². The molecule has 0 bridgehead atoms. The number of nitrogens with zero attached hydrogens (tertiary/aromatic N) is 1. The third-order valence-electron chi connectivity index (χ3n) is 5.51. The molecule has 0 spiro atoms. The molecule has 0 radical (unpaired) electrons. The zero-order chi connectivity index (χ0) is 23.7. The first-order valence-electron chi connectivity index (χ1n) is 10.1. The van der Waals surface area contributed by atoms with Gasteiger partial charge < -0.3 is 30.7 Å². The highest BCUT2D eigenvalue weighted by atomic mass is 19.1. The highest BCUT2D eigenvalue weighted by molar-refractivity contribution is 6.04. The lowest BCUT2D eigenvalue weighted by Gasteiger charge is -2.17. The van der Waals surface area contributed by atoms with Gasteiger partial charge in [0.05, 0.1) is 23.4 Å². The molecule has 0 fully saturated rings. The minimum absolute atomic E-state index is 0.00929. The third-order valence-corrected chi connectivity index (χ3v) is 5.51. The first kappa shape index (κ1) is 22.2. The minimum Gasteiger partial charge on any atom is -0.478 e. The van der Waals surface area contributed by atoms with Crippen LogP contribution in [0.2, 0.25) is 0 Å². The molecule has 1 unspecified atom stereocenters. The molecule has 4 aromatic rings. The molecule has 1 aromatic heterocycles. The first-order chi connectivity index (χ1) is 15.8. The Labute approximate surface area is 189 Å². The van der Waals surface area contributed by atoms with Crippen molar-refractivity contribution >= 4 is 28.8 Å². The van der Waals surface area contributed by atoms with Crippen LogP contribution in [-0.4, -0.2) is 40.7 Å². The largest absolute Gasteiger partial charge is 0.478 e. The van der Waals surface area contributed by atoms with Crippen LogP contribution in [0.25, 0.3) is 27.7 Å². The van der Waals surface area contributed by atoms with Crippen molar-refractivity contribution in [3.05, 3.63) is 83.3 Å². The molecule has 0 aliphatic carbocycles. The monoisotopic (exact) mass is 447 g/mol. The molecule has 4 rings (SSSR count). The number of halogens is 1. The van der Waals surface area contributed by atoms with Gasteiger partial charge in [-0.1, -0.05) is 12.1 Å². The second-order valence-electron chi connectivity index (χ2n) is 7.57. The molecule has 168 valence electrons. The van der Waals surface area contributed by atoms with E-state index in [1.807, 2.05) is 0 Å². The van der Waals surface area contributed by atoms with Crippen LogP contribution >= 0.6 is 0 Å². The highest BCUT2D eigenvalue weighted by Crippen LogP contribution is 2.41. The Morgan fingerprint density at radius 1 is 1.18 bits per heavy atom. The number of aromatic nitrogens is 1. The molecule has 8 heteroatoms. The van der Waals surface area contributed by atoms with Crippen LogP contribution in [0.4, 0.5) is 10.1 Å². The van der Waals surface area contributed by atoms with Crippen LogP contribution in [0.5, 0.6) is 0 Å². The number of anilines is 1. The summed E-state index contributed by atoms with van der Waals surface area (Å²) in [6, 6.07) is 15.6. The van der Waals surface area contributed by atoms with E-state index >= 15 is 0 Å². The van der Waals surface area contributed by atoms with E-state index in [4.69, 9.17) is 15.9 Å². The van der Waals surface area contributed by atoms with Gasteiger partial charge in [-0.05, 0) is 54.1 Å². The number of fused-ring (bicyclic) bond motifs is 1. The number of ether oxygens (including phenoxy) is 1. The van der Waals surface area contributed by atoms with Crippen LogP contribution in [0, 0.1) is 11.2 Å². The highest BCUT2D eigenvalue weighted by Gasteiger charge is 2.26. The zero-order valence-electron chi connectivity index (χ0n) is 17.7. The van der Waals surface area contributed by atoms with Gasteiger partial charge in [0.1, 0.15) is 11.9 Å². The molecule has 0 aliphatic heterocycles. The van der Waals surface area contributed by atoms with Crippen molar-refractivity contribution in [1.29, 1.82) is 5.41 Å². The maximum atomic E-state index is 13.7. The number of carboxylic acid groups (broad SMARTS) is 1. The molecule has 7 nitrogen and oxygen atoms in total. The molecular formula is C25H22FN3O4. The lowest BCUT2D eigenvalue weighted by atomic mass is 9.97. The summed E-state index contributed by atoms with van der Waals surface area (Å²) < 4.78 is 20.7. The van der Waals surface area contributed by atoms with E-state index in [1.165, 1.54) is 31.4 Å². The molecule has 33 heavy (non-hydrogen) atoms. The van der Waals surface area contributed by atoms with Gasteiger partial charge in [0.2, 0.25) is 0 Å². The number of nitrogen functional groups attached to an aromatic ring is 1. The summed E-state index contributed by atoms with van der Waals surface area (Å²) in [6.07, 6.45) is 0.0786. The van der Waals surface area contributed by atoms with Crippen LogP contribution in [-0.2, 0) is 4.74 Å². The second-order valence-corrected chi connectivity index (χ2v) is 7.57. The summed E-state index contributed by atoms with van der Waals surface area (Å²) in [7, 11) is 1.47. The van der Waals surface area contributed by atoms with Crippen molar-refractivity contribution in [3.8, 4) is 16.8 Å². The predicted octanol–water partition coefficient (Wildman–Crippen LogP) is 4.39. The summed E-state index contributed by atoms with van der Waals surface area (Å²) in [5.41, 5.74) is 10.2. The van der Waals surface area contributed by atoms with Crippen LogP contribution < -0.4 is 5.73 Å². The summed E-state index contributed by atoms with van der Waals surface area (Å²) in [5.74, 6) is -1.45. The number of rotatable bonds is 7. The Hall–Kier alpha value is -4.01. The fourth-order valence-electron chi connectivity index (χ4n) is 4.01. The van der Waals surface area contributed by atoms with Gasteiger partial charge in [-0.25, -0.2) is 9.18 Å². The van der Waals surface area contributed by atoms with E-state index in [9.17, 15) is 19.4 Å². The Kier molecular flexibility index (Phi) is 5.95. The quantitative estimate of drug-likeness (QED) is 0.247. The molecule has 1 heterocycles. The fourth-order valence-corrected chi connectivity index (χ4v) is 4.01. The molecule has 1 atom stereocenters. The SMILES string of the molecule is COCC(O)c1c(-c2ccc(C(=O)O)cc2)c2cc(N)c(C=N)cc2n1-c1ccc(F)cc1. The summed E-state index contributed by atoms with van der Waals surface area (Å²) in [6.45, 7) is -0.00929. The number of hydrogen-bond acceptors (Lipinski definition) is 5. The van der Waals surface area contributed by atoms with Crippen LogP contribution in [0.3, 0.4) is 0 Å². The van der Waals surface area contributed by atoms with Gasteiger partial charge in [-0.15, -0.1) is 0 Å². The Bertz CT molecular complexity index is 1350. The van der Waals surface area contributed by atoms with Gasteiger partial charge in [-0.2, -0.15) is 0 Å². The number of aliphatic hydroxyl groups excluding tert-OH is 1. The first-order valence-corrected chi connectivity index (χ1v) is 10.1. The van der Waals surface area contributed by atoms with Crippen LogP contribution in [0.1, 0.15) is 27.7 Å². The third kappa shape index (κ3) is 3.97. The average Bonchev–Trinajstić information content (AvgIpc) is 3.13. The molecule has 5 N–H and O–H groups in total. The number of hydrogen-bond donors (Lipinski definition) is 4. The smallest absolute Gasteiger partial charge is 0.335 e. The number of aromatic carboxylic acids is 1. The van der Waals surface area contributed by atoms with E-state index in [-0.39, 0.29) is 12.2 Å². The van der Waals surface area contributed by atoms with Crippen molar-refractivity contribution in [2.24, 2.45) is 0 Å². The Morgan fingerprint density at radius 3 is 2.42 bits per heavy atom. The van der Waals surface area contributed by atoms with Gasteiger partial charge in [0.15, 0.2) is 0 Å². The number of aliphatic hydroxyl groups is 1. The molecule has 0 amide bonds. The van der Waals surface area contributed by atoms with Gasteiger partial charge in [0, 0.05) is 41.2 Å². The van der Waals surface area contributed by atoms with Gasteiger partial charge in [-0.3, -0.25) is 0 Å². The van der Waals surface area contributed by atoms with Crippen molar-refractivity contribution in [2.75, 3.05) is 19.5 Å². The van der Waals surface area contributed by atoms with E-state index < -0.39 is 17.9 Å². The van der Waals surface area contributed by atoms with E-state index in [1.54, 1.807) is 41.0 Å². The average molecular weight is 447 g/mol. The second kappa shape index (κ2) is 8.85. The number of nitrogens with one attached hydrogen (secondary N) is 1. The predicted molar refractivity (Wildman–Crippen MR) is 125 cm³/mol. The number of methoxy groups -OCH3 is 1. The maximum Gasteiger partial charge on any atom is 0.335 e. The zero-order valence-corrected chi connectivity index (χ0v) is 17.7. The number of nitrogens with two attached hydrogens (primary N) is 1. The topological polar surface area (TPSA) is 122 Å². The van der Waals surface area contributed by atoms with Crippen molar-refractivity contribution < 1.29 is 24.1 Å². The van der Waals surface area contributed by atoms with E-state index in [2.05, 4.69) is 0 Å². The molecule has 0 saturated heterocycles. The van der Waals surface area contributed by atoms with E-state index in [0.29, 0.717) is 44.7 Å². The van der Waals surface area contributed by atoms with Crippen molar-refractivity contribution in [2.45, 2.75) is 6.10 Å². The summed E-state index contributed by atoms with van der Waals surface area (Å²) in [5, 5.41) is 28.8. The normalized spacial score (nSPS) is 12.1. The van der Waals surface area contributed by atoms with Crippen molar-refractivity contribution in [1.82, 2.24) is 4.57 Å². The fraction of sp³-hybridized carbons (Fsp3) is 0.120. The van der Waals surface area contributed by atoms with Crippen LogP contribution in [0.15, 0.2) is 60.7 Å². The maximum absolute atomic E-state index is 13.7. The lowest BCUT2D eigenvalue weighted by Crippen LogP contribution is -2.12. The molecule has 3 aromatic carbocycles. The number of carboxylic acids is 1. The Balaban J connectivity index is 2.13. The van der Waals surface area contributed by atoms with E-state index in [0.717, 1.165) is 6.21 Å².